The lowest BCUT2D eigenvalue weighted by Crippen LogP contribution is -2.37. The van der Waals surface area contributed by atoms with Crippen LogP contribution in [0.15, 0.2) is 24.3 Å². The molecule has 0 fully saturated rings. The maximum Gasteiger partial charge on any atom is 0.119 e. The molecule has 1 rings (SSSR count). The van der Waals surface area contributed by atoms with Gasteiger partial charge in [-0.25, -0.2) is 0 Å². The van der Waals surface area contributed by atoms with E-state index in [1.807, 2.05) is 31.3 Å². The number of likely N-dealkylation sites (N-methyl/N-ethyl adjacent to an activating group) is 1. The molecule has 1 aromatic carbocycles. The van der Waals surface area contributed by atoms with Gasteiger partial charge in [0.05, 0.1) is 13.7 Å². The molecule has 0 amide bonds. The average molecular weight is 224 g/mol. The Balaban J connectivity index is 2.51. The third-order valence-electron chi connectivity index (χ3n) is 2.37. The predicted octanol–water partition coefficient (Wildman–Crippen LogP) is 0.447. The number of benzene rings is 1. The zero-order valence-corrected chi connectivity index (χ0v) is 9.89. The van der Waals surface area contributed by atoms with Gasteiger partial charge in [0.2, 0.25) is 0 Å². The van der Waals surface area contributed by atoms with Crippen LogP contribution in [0.3, 0.4) is 0 Å². The molecule has 90 valence electrons. The Labute approximate surface area is 96.6 Å². The molecule has 0 bridgehead atoms. The molecule has 1 unspecified atom stereocenters. The van der Waals surface area contributed by atoms with Gasteiger partial charge in [-0.1, -0.05) is 12.1 Å². The first-order valence-corrected chi connectivity index (χ1v) is 5.33. The van der Waals surface area contributed by atoms with Crippen LogP contribution < -0.4 is 10.5 Å². The summed E-state index contributed by atoms with van der Waals surface area (Å²) < 4.78 is 5.16. The first kappa shape index (κ1) is 13.0. The molecular weight excluding hydrogens is 204 g/mol. The molecule has 0 saturated carbocycles. The van der Waals surface area contributed by atoms with E-state index in [4.69, 9.17) is 15.6 Å². The van der Waals surface area contributed by atoms with Crippen molar-refractivity contribution >= 4 is 0 Å². The number of hydrogen-bond acceptors (Lipinski definition) is 4. The highest BCUT2D eigenvalue weighted by atomic mass is 16.5. The van der Waals surface area contributed by atoms with Crippen LogP contribution in [0.5, 0.6) is 5.75 Å². The second-order valence-electron chi connectivity index (χ2n) is 3.99. The predicted molar refractivity (Wildman–Crippen MR) is 64.4 cm³/mol. The molecule has 4 nitrogen and oxygen atoms in total. The van der Waals surface area contributed by atoms with Crippen molar-refractivity contribution in [3.63, 3.8) is 0 Å². The highest BCUT2D eigenvalue weighted by Gasteiger charge is 2.06. The fraction of sp³-hybridized carbons (Fsp3) is 0.500. The summed E-state index contributed by atoms with van der Waals surface area (Å²) >= 11 is 0. The summed E-state index contributed by atoms with van der Waals surface area (Å²) in [7, 11) is 3.64. The fourth-order valence-electron chi connectivity index (χ4n) is 1.61. The normalized spacial score (nSPS) is 12.8. The Hall–Kier alpha value is -1.10. The summed E-state index contributed by atoms with van der Waals surface area (Å²) in [6, 6.07) is 7.75. The monoisotopic (exact) mass is 224 g/mol. The van der Waals surface area contributed by atoms with E-state index in [0.29, 0.717) is 6.54 Å². The lowest BCUT2D eigenvalue weighted by molar-refractivity contribution is 0.218. The fourth-order valence-corrected chi connectivity index (χ4v) is 1.61. The number of nitrogens with two attached hydrogens (primary N) is 1. The minimum atomic E-state index is -0.185. The molecular formula is C12H20N2O2. The molecule has 0 radical (unpaired) electrons. The summed E-state index contributed by atoms with van der Waals surface area (Å²) in [5.41, 5.74) is 6.84. The molecule has 0 aliphatic carbocycles. The molecule has 4 heteroatoms. The van der Waals surface area contributed by atoms with Crippen LogP contribution >= 0.6 is 0 Å². The van der Waals surface area contributed by atoms with Gasteiger partial charge in [-0.05, 0) is 24.7 Å². The smallest absolute Gasteiger partial charge is 0.119 e. The summed E-state index contributed by atoms with van der Waals surface area (Å²) in [5.74, 6) is 0.859. The highest BCUT2D eigenvalue weighted by Crippen LogP contribution is 2.13. The summed E-state index contributed by atoms with van der Waals surface area (Å²) in [4.78, 5) is 2.08. The second kappa shape index (κ2) is 6.48. The third kappa shape index (κ3) is 4.18. The van der Waals surface area contributed by atoms with Crippen LogP contribution in [-0.2, 0) is 6.54 Å². The van der Waals surface area contributed by atoms with E-state index in [1.54, 1.807) is 7.11 Å². The van der Waals surface area contributed by atoms with Crippen LogP contribution in [0.2, 0.25) is 0 Å². The number of hydrogen-bond donors (Lipinski definition) is 2. The first-order chi connectivity index (χ1) is 7.65. The minimum absolute atomic E-state index is 0.0163. The lowest BCUT2D eigenvalue weighted by atomic mass is 10.2. The van der Waals surface area contributed by atoms with E-state index in [1.165, 1.54) is 5.56 Å². The molecule has 0 aliphatic rings. The standard InChI is InChI=1S/C12H20N2O2/c1-14(8-11(13)9-15)7-10-4-3-5-12(6-10)16-2/h3-6,11,15H,7-9,13H2,1-2H3. The van der Waals surface area contributed by atoms with E-state index < -0.39 is 0 Å². The van der Waals surface area contributed by atoms with Gasteiger partial charge in [0.1, 0.15) is 5.75 Å². The van der Waals surface area contributed by atoms with Gasteiger partial charge in [0.25, 0.3) is 0 Å². The van der Waals surface area contributed by atoms with E-state index >= 15 is 0 Å². The van der Waals surface area contributed by atoms with Gasteiger partial charge >= 0.3 is 0 Å². The van der Waals surface area contributed by atoms with Gasteiger partial charge in [0.15, 0.2) is 0 Å². The van der Waals surface area contributed by atoms with Crippen LogP contribution in [0, 0.1) is 0 Å². The lowest BCUT2D eigenvalue weighted by Gasteiger charge is -2.20. The second-order valence-corrected chi connectivity index (χ2v) is 3.99. The quantitative estimate of drug-likeness (QED) is 0.736. The van der Waals surface area contributed by atoms with Crippen molar-refractivity contribution in [1.29, 1.82) is 0 Å². The molecule has 0 saturated heterocycles. The Kier molecular flexibility index (Phi) is 5.25. The Morgan fingerprint density at radius 2 is 2.25 bits per heavy atom. The number of aliphatic hydroxyl groups is 1. The van der Waals surface area contributed by atoms with E-state index in [9.17, 15) is 0 Å². The Morgan fingerprint density at radius 1 is 1.50 bits per heavy atom. The van der Waals surface area contributed by atoms with Gasteiger partial charge in [-0.15, -0.1) is 0 Å². The molecule has 1 atom stereocenters. The Bertz CT molecular complexity index is 318. The number of methoxy groups -OCH3 is 1. The summed E-state index contributed by atoms with van der Waals surface area (Å²) in [5, 5.41) is 8.86. The van der Waals surface area contributed by atoms with Crippen molar-refractivity contribution in [2.24, 2.45) is 5.73 Å². The van der Waals surface area contributed by atoms with Crippen LogP contribution in [0.1, 0.15) is 5.56 Å². The van der Waals surface area contributed by atoms with E-state index in [-0.39, 0.29) is 12.6 Å². The summed E-state index contributed by atoms with van der Waals surface area (Å²) in [6.07, 6.45) is 0. The van der Waals surface area contributed by atoms with Crippen LogP contribution in [0.25, 0.3) is 0 Å². The molecule has 3 N–H and O–H groups in total. The van der Waals surface area contributed by atoms with Gasteiger partial charge in [0, 0.05) is 19.1 Å². The maximum atomic E-state index is 8.86. The van der Waals surface area contributed by atoms with E-state index in [2.05, 4.69) is 4.90 Å². The van der Waals surface area contributed by atoms with Crippen molar-refractivity contribution < 1.29 is 9.84 Å². The highest BCUT2D eigenvalue weighted by molar-refractivity contribution is 5.28. The largest absolute Gasteiger partial charge is 0.497 e. The van der Waals surface area contributed by atoms with Crippen molar-refractivity contribution in [2.45, 2.75) is 12.6 Å². The van der Waals surface area contributed by atoms with Gasteiger partial charge in [-0.3, -0.25) is 0 Å². The zero-order chi connectivity index (χ0) is 12.0. The van der Waals surface area contributed by atoms with Gasteiger partial charge in [-0.2, -0.15) is 0 Å². The van der Waals surface area contributed by atoms with Crippen LogP contribution in [0.4, 0.5) is 0 Å². The minimum Gasteiger partial charge on any atom is -0.497 e. The topological polar surface area (TPSA) is 58.7 Å². The van der Waals surface area contributed by atoms with Crippen molar-refractivity contribution in [1.82, 2.24) is 4.90 Å². The zero-order valence-electron chi connectivity index (χ0n) is 9.89. The first-order valence-electron chi connectivity index (χ1n) is 5.33. The van der Waals surface area contributed by atoms with Crippen molar-refractivity contribution in [3.8, 4) is 5.75 Å². The average Bonchev–Trinajstić information content (AvgIpc) is 2.28. The maximum absolute atomic E-state index is 8.86. The number of rotatable bonds is 6. The van der Waals surface area contributed by atoms with Gasteiger partial charge < -0.3 is 20.5 Å². The Morgan fingerprint density at radius 3 is 2.88 bits per heavy atom. The molecule has 0 aliphatic heterocycles. The van der Waals surface area contributed by atoms with E-state index in [0.717, 1.165) is 12.3 Å². The summed E-state index contributed by atoms with van der Waals surface area (Å²) in [6.45, 7) is 1.49. The molecule has 0 spiro atoms. The molecule has 0 heterocycles. The SMILES string of the molecule is COc1cccc(CN(C)CC(N)CO)c1. The molecule has 0 aromatic heterocycles. The number of nitrogens with zero attached hydrogens (tertiary/aromatic N) is 1. The number of ether oxygens (including phenoxy) is 1. The van der Waals surface area contributed by atoms with Crippen molar-refractivity contribution in [3.05, 3.63) is 29.8 Å². The molecule has 16 heavy (non-hydrogen) atoms. The third-order valence-corrected chi connectivity index (χ3v) is 2.37. The molecule has 1 aromatic rings. The number of aliphatic hydroxyl groups excluding tert-OH is 1. The van der Waals surface area contributed by atoms with Crippen LogP contribution in [-0.4, -0.2) is 43.4 Å². The van der Waals surface area contributed by atoms with Crippen molar-refractivity contribution in [2.75, 3.05) is 27.3 Å².